The second kappa shape index (κ2) is 5.36. The zero-order valence-corrected chi connectivity index (χ0v) is 8.86. The summed E-state index contributed by atoms with van der Waals surface area (Å²) in [6.45, 7) is 3.94. The molecule has 0 aromatic heterocycles. The van der Waals surface area contributed by atoms with Crippen molar-refractivity contribution in [2.75, 3.05) is 11.9 Å². The SMILES string of the molecule is CCOc1ccc(NC(=O)C(C)O)cc1. The van der Waals surface area contributed by atoms with Crippen LogP contribution in [0, 0.1) is 0 Å². The normalized spacial score (nSPS) is 11.9. The molecule has 0 saturated heterocycles. The number of ether oxygens (including phenoxy) is 1. The van der Waals surface area contributed by atoms with E-state index in [-0.39, 0.29) is 0 Å². The molecule has 0 heterocycles. The molecule has 1 rings (SSSR count). The summed E-state index contributed by atoms with van der Waals surface area (Å²) in [6, 6.07) is 6.98. The number of rotatable bonds is 4. The molecular weight excluding hydrogens is 194 g/mol. The van der Waals surface area contributed by atoms with Gasteiger partial charge in [-0.2, -0.15) is 0 Å². The largest absolute Gasteiger partial charge is 0.494 e. The number of benzene rings is 1. The quantitative estimate of drug-likeness (QED) is 0.788. The highest BCUT2D eigenvalue weighted by molar-refractivity contribution is 5.93. The van der Waals surface area contributed by atoms with Crippen LogP contribution in [0.1, 0.15) is 13.8 Å². The maximum absolute atomic E-state index is 11.1. The summed E-state index contributed by atoms with van der Waals surface area (Å²) in [5.41, 5.74) is 0.643. The Kier molecular flexibility index (Phi) is 4.12. The number of anilines is 1. The predicted octanol–water partition coefficient (Wildman–Crippen LogP) is 1.40. The Hall–Kier alpha value is -1.55. The molecule has 0 fully saturated rings. The first-order chi connectivity index (χ1) is 7.13. The number of aliphatic hydroxyl groups is 1. The zero-order chi connectivity index (χ0) is 11.3. The third kappa shape index (κ3) is 3.59. The lowest BCUT2D eigenvalue weighted by Crippen LogP contribution is -2.24. The van der Waals surface area contributed by atoms with E-state index < -0.39 is 12.0 Å². The van der Waals surface area contributed by atoms with E-state index in [1.54, 1.807) is 24.3 Å². The van der Waals surface area contributed by atoms with E-state index in [2.05, 4.69) is 5.32 Å². The Morgan fingerprint density at radius 3 is 2.53 bits per heavy atom. The van der Waals surface area contributed by atoms with Gasteiger partial charge in [0.05, 0.1) is 6.61 Å². The van der Waals surface area contributed by atoms with Gasteiger partial charge in [-0.3, -0.25) is 4.79 Å². The molecule has 1 atom stereocenters. The third-order valence-electron chi connectivity index (χ3n) is 1.81. The van der Waals surface area contributed by atoms with Gasteiger partial charge in [-0.1, -0.05) is 0 Å². The van der Waals surface area contributed by atoms with Crippen LogP contribution < -0.4 is 10.1 Å². The van der Waals surface area contributed by atoms with Crippen molar-refractivity contribution in [2.45, 2.75) is 20.0 Å². The standard InChI is InChI=1S/C11H15NO3/c1-3-15-10-6-4-9(5-7-10)12-11(14)8(2)13/h4-8,13H,3H2,1-2H3,(H,12,14). The first kappa shape index (κ1) is 11.5. The first-order valence-corrected chi connectivity index (χ1v) is 4.85. The molecule has 0 aliphatic carbocycles. The third-order valence-corrected chi connectivity index (χ3v) is 1.81. The summed E-state index contributed by atoms with van der Waals surface area (Å²) in [7, 11) is 0. The number of hydrogen-bond acceptors (Lipinski definition) is 3. The minimum atomic E-state index is -1.00. The minimum absolute atomic E-state index is 0.417. The van der Waals surface area contributed by atoms with Gasteiger partial charge in [0.2, 0.25) is 0 Å². The van der Waals surface area contributed by atoms with Crippen molar-refractivity contribution >= 4 is 11.6 Å². The van der Waals surface area contributed by atoms with Gasteiger partial charge in [0, 0.05) is 5.69 Å². The van der Waals surface area contributed by atoms with E-state index >= 15 is 0 Å². The summed E-state index contributed by atoms with van der Waals surface area (Å²) < 4.78 is 5.25. The molecule has 15 heavy (non-hydrogen) atoms. The van der Waals surface area contributed by atoms with Crippen molar-refractivity contribution < 1.29 is 14.6 Å². The minimum Gasteiger partial charge on any atom is -0.494 e. The van der Waals surface area contributed by atoms with Crippen LogP contribution in [0.5, 0.6) is 5.75 Å². The number of amides is 1. The van der Waals surface area contributed by atoms with Crippen LogP contribution >= 0.6 is 0 Å². The summed E-state index contributed by atoms with van der Waals surface area (Å²) >= 11 is 0. The average molecular weight is 209 g/mol. The van der Waals surface area contributed by atoms with Crippen molar-refractivity contribution in [2.24, 2.45) is 0 Å². The predicted molar refractivity (Wildman–Crippen MR) is 57.9 cm³/mol. The van der Waals surface area contributed by atoms with Crippen LogP contribution in [0.25, 0.3) is 0 Å². The highest BCUT2D eigenvalue weighted by atomic mass is 16.5. The fraction of sp³-hybridized carbons (Fsp3) is 0.364. The van der Waals surface area contributed by atoms with Crippen molar-refractivity contribution in [3.8, 4) is 5.75 Å². The zero-order valence-electron chi connectivity index (χ0n) is 8.86. The van der Waals surface area contributed by atoms with E-state index in [1.165, 1.54) is 6.92 Å². The molecule has 0 bridgehead atoms. The first-order valence-electron chi connectivity index (χ1n) is 4.85. The molecule has 1 aromatic rings. The lowest BCUT2D eigenvalue weighted by molar-refractivity contribution is -0.123. The van der Waals surface area contributed by atoms with Gasteiger partial charge in [0.15, 0.2) is 0 Å². The Morgan fingerprint density at radius 1 is 1.47 bits per heavy atom. The Balaban J connectivity index is 2.60. The van der Waals surface area contributed by atoms with Crippen molar-refractivity contribution in [3.63, 3.8) is 0 Å². The summed E-state index contributed by atoms with van der Waals surface area (Å²) in [4.78, 5) is 11.1. The Bertz CT molecular complexity index is 319. The van der Waals surface area contributed by atoms with Crippen molar-refractivity contribution in [1.82, 2.24) is 0 Å². The molecule has 1 unspecified atom stereocenters. The average Bonchev–Trinajstić information content (AvgIpc) is 2.21. The number of carbonyl (C=O) groups is 1. The van der Waals surface area contributed by atoms with Gasteiger partial charge >= 0.3 is 0 Å². The molecule has 0 aliphatic heterocycles. The molecule has 0 aliphatic rings. The molecule has 1 amide bonds. The number of carbonyl (C=O) groups excluding carboxylic acids is 1. The number of aliphatic hydroxyl groups excluding tert-OH is 1. The monoisotopic (exact) mass is 209 g/mol. The van der Waals surface area contributed by atoms with Crippen molar-refractivity contribution in [1.29, 1.82) is 0 Å². The molecule has 4 heteroatoms. The van der Waals surface area contributed by atoms with E-state index in [0.717, 1.165) is 5.75 Å². The summed E-state index contributed by atoms with van der Waals surface area (Å²) in [5.74, 6) is 0.340. The fourth-order valence-electron chi connectivity index (χ4n) is 1.05. The van der Waals surface area contributed by atoms with Crippen LogP contribution in [0.3, 0.4) is 0 Å². The van der Waals surface area contributed by atoms with E-state index in [1.807, 2.05) is 6.92 Å². The van der Waals surface area contributed by atoms with Crippen LogP contribution in [0.4, 0.5) is 5.69 Å². The van der Waals surface area contributed by atoms with Gasteiger partial charge < -0.3 is 15.2 Å². The smallest absolute Gasteiger partial charge is 0.252 e. The lowest BCUT2D eigenvalue weighted by atomic mass is 10.3. The number of nitrogens with one attached hydrogen (secondary N) is 1. The van der Waals surface area contributed by atoms with Crippen LogP contribution in [0.15, 0.2) is 24.3 Å². The molecule has 2 N–H and O–H groups in total. The summed E-state index contributed by atoms with van der Waals surface area (Å²) in [5, 5.41) is 11.6. The van der Waals surface area contributed by atoms with Gasteiger partial charge in [-0.15, -0.1) is 0 Å². The molecule has 0 saturated carbocycles. The summed E-state index contributed by atoms with van der Waals surface area (Å²) in [6.07, 6.45) is -1.00. The van der Waals surface area contributed by atoms with Crippen LogP contribution in [-0.4, -0.2) is 23.7 Å². The molecule has 1 aromatic carbocycles. The molecule has 82 valence electrons. The second-order valence-corrected chi connectivity index (χ2v) is 3.12. The molecule has 4 nitrogen and oxygen atoms in total. The van der Waals surface area contributed by atoms with Gasteiger partial charge in [0.1, 0.15) is 11.9 Å². The number of hydrogen-bond donors (Lipinski definition) is 2. The fourth-order valence-corrected chi connectivity index (χ4v) is 1.05. The molecule has 0 spiro atoms. The lowest BCUT2D eigenvalue weighted by Gasteiger charge is -2.08. The van der Waals surface area contributed by atoms with Crippen LogP contribution in [0.2, 0.25) is 0 Å². The van der Waals surface area contributed by atoms with E-state index in [4.69, 9.17) is 9.84 Å². The topological polar surface area (TPSA) is 58.6 Å². The maximum atomic E-state index is 11.1. The van der Waals surface area contributed by atoms with Gasteiger partial charge in [0.25, 0.3) is 5.91 Å². The highest BCUT2D eigenvalue weighted by Crippen LogP contribution is 2.15. The van der Waals surface area contributed by atoms with E-state index in [9.17, 15) is 4.79 Å². The Labute approximate surface area is 88.9 Å². The Morgan fingerprint density at radius 2 is 2.07 bits per heavy atom. The second-order valence-electron chi connectivity index (χ2n) is 3.12. The van der Waals surface area contributed by atoms with Gasteiger partial charge in [-0.05, 0) is 38.1 Å². The molecule has 0 radical (unpaired) electrons. The highest BCUT2D eigenvalue weighted by Gasteiger charge is 2.08. The maximum Gasteiger partial charge on any atom is 0.252 e. The molecular formula is C11H15NO3. The van der Waals surface area contributed by atoms with Gasteiger partial charge in [-0.25, -0.2) is 0 Å². The van der Waals surface area contributed by atoms with Crippen molar-refractivity contribution in [3.05, 3.63) is 24.3 Å². The van der Waals surface area contributed by atoms with Crippen LogP contribution in [-0.2, 0) is 4.79 Å². The van der Waals surface area contributed by atoms with E-state index in [0.29, 0.717) is 12.3 Å².